The molecule has 0 heterocycles. The predicted octanol–water partition coefficient (Wildman–Crippen LogP) is 3.91. The van der Waals surface area contributed by atoms with E-state index in [9.17, 15) is 0 Å². The lowest BCUT2D eigenvalue weighted by molar-refractivity contribution is 0.112. The van der Waals surface area contributed by atoms with Crippen molar-refractivity contribution in [2.24, 2.45) is 17.1 Å². The molecule has 100 valence electrons. The first-order valence-corrected chi connectivity index (χ1v) is 6.94. The third kappa shape index (κ3) is 2.69. The van der Waals surface area contributed by atoms with Gasteiger partial charge < -0.3 is 10.5 Å². The highest BCUT2D eigenvalue weighted by Gasteiger charge is 2.36. The molecule has 18 heavy (non-hydrogen) atoms. The van der Waals surface area contributed by atoms with Crippen LogP contribution in [0.15, 0.2) is 24.3 Å². The average molecular weight is 247 g/mol. The third-order valence-electron chi connectivity index (χ3n) is 4.52. The van der Waals surface area contributed by atoms with Gasteiger partial charge in [-0.1, -0.05) is 38.8 Å². The average Bonchev–Trinajstić information content (AvgIpc) is 2.37. The number of ether oxygens (including phenoxy) is 1. The SMILES string of the molecule is COc1ccc(C(N)C2CCCCC2(C)C)cc1. The van der Waals surface area contributed by atoms with Gasteiger partial charge in [0.25, 0.3) is 0 Å². The molecule has 2 rings (SSSR count). The number of rotatable bonds is 3. The topological polar surface area (TPSA) is 35.2 Å². The lowest BCUT2D eigenvalue weighted by Crippen LogP contribution is -2.36. The van der Waals surface area contributed by atoms with Crippen molar-refractivity contribution < 1.29 is 4.74 Å². The van der Waals surface area contributed by atoms with Crippen molar-refractivity contribution in [3.63, 3.8) is 0 Å². The van der Waals surface area contributed by atoms with E-state index < -0.39 is 0 Å². The van der Waals surface area contributed by atoms with E-state index in [2.05, 4.69) is 26.0 Å². The minimum Gasteiger partial charge on any atom is -0.497 e. The molecule has 2 heteroatoms. The lowest BCUT2D eigenvalue weighted by atomic mass is 9.65. The summed E-state index contributed by atoms with van der Waals surface area (Å²) in [6, 6.07) is 8.37. The first kappa shape index (κ1) is 13.4. The standard InChI is InChI=1S/C16H25NO/c1-16(2)11-5-4-6-14(16)15(17)12-7-9-13(18-3)10-8-12/h7-10,14-15H,4-6,11,17H2,1-3H3. The molecule has 0 bridgehead atoms. The van der Waals surface area contributed by atoms with Gasteiger partial charge in [-0.2, -0.15) is 0 Å². The monoisotopic (exact) mass is 247 g/mol. The Labute approximate surface area is 111 Å². The number of hydrogen-bond donors (Lipinski definition) is 1. The number of methoxy groups -OCH3 is 1. The summed E-state index contributed by atoms with van der Waals surface area (Å²) in [5.41, 5.74) is 8.09. The van der Waals surface area contributed by atoms with E-state index in [0.29, 0.717) is 11.3 Å². The Hall–Kier alpha value is -1.02. The molecule has 1 aromatic rings. The largest absolute Gasteiger partial charge is 0.497 e. The second-order valence-corrected chi connectivity index (χ2v) is 6.14. The highest BCUT2D eigenvalue weighted by molar-refractivity contribution is 5.29. The number of hydrogen-bond acceptors (Lipinski definition) is 2. The first-order valence-electron chi connectivity index (χ1n) is 6.94. The maximum absolute atomic E-state index is 6.50. The van der Waals surface area contributed by atoms with Crippen molar-refractivity contribution in [1.29, 1.82) is 0 Å². The molecule has 1 saturated carbocycles. The van der Waals surface area contributed by atoms with E-state index in [-0.39, 0.29) is 6.04 Å². The Bertz CT molecular complexity index is 383. The lowest BCUT2D eigenvalue weighted by Gasteiger charge is -2.42. The highest BCUT2D eigenvalue weighted by atomic mass is 16.5. The minimum absolute atomic E-state index is 0.145. The Morgan fingerprint density at radius 2 is 1.89 bits per heavy atom. The van der Waals surface area contributed by atoms with E-state index >= 15 is 0 Å². The number of nitrogens with two attached hydrogens (primary N) is 1. The fraction of sp³-hybridized carbons (Fsp3) is 0.625. The highest BCUT2D eigenvalue weighted by Crippen LogP contribution is 2.45. The molecule has 1 aliphatic rings. The molecule has 0 amide bonds. The Balaban J connectivity index is 2.16. The third-order valence-corrected chi connectivity index (χ3v) is 4.52. The normalized spacial score (nSPS) is 24.6. The van der Waals surface area contributed by atoms with Crippen LogP contribution in [0.1, 0.15) is 51.1 Å². The van der Waals surface area contributed by atoms with Crippen molar-refractivity contribution >= 4 is 0 Å². The van der Waals surface area contributed by atoms with Crippen LogP contribution in [0.2, 0.25) is 0 Å². The summed E-state index contributed by atoms with van der Waals surface area (Å²) in [6.45, 7) is 4.72. The molecular formula is C16H25NO. The van der Waals surface area contributed by atoms with Crippen LogP contribution in [-0.2, 0) is 0 Å². The quantitative estimate of drug-likeness (QED) is 0.879. The molecule has 0 spiro atoms. The Morgan fingerprint density at radius 3 is 2.44 bits per heavy atom. The van der Waals surface area contributed by atoms with Gasteiger partial charge in [-0.05, 0) is 41.9 Å². The van der Waals surface area contributed by atoms with E-state index in [1.165, 1.54) is 31.2 Å². The Morgan fingerprint density at radius 1 is 1.22 bits per heavy atom. The van der Waals surface area contributed by atoms with Gasteiger partial charge in [0.15, 0.2) is 0 Å². The molecule has 0 aromatic heterocycles. The molecule has 0 saturated heterocycles. The predicted molar refractivity (Wildman–Crippen MR) is 75.7 cm³/mol. The van der Waals surface area contributed by atoms with Crippen molar-refractivity contribution in [3.8, 4) is 5.75 Å². The maximum atomic E-state index is 6.50. The molecule has 1 fully saturated rings. The minimum atomic E-state index is 0.145. The van der Waals surface area contributed by atoms with Crippen molar-refractivity contribution in [2.75, 3.05) is 7.11 Å². The van der Waals surface area contributed by atoms with Crippen molar-refractivity contribution in [2.45, 2.75) is 45.6 Å². The van der Waals surface area contributed by atoms with Crippen LogP contribution < -0.4 is 10.5 Å². The van der Waals surface area contributed by atoms with Gasteiger partial charge in [0, 0.05) is 6.04 Å². The van der Waals surface area contributed by atoms with Crippen LogP contribution in [0.4, 0.5) is 0 Å². The van der Waals surface area contributed by atoms with E-state index in [0.717, 1.165) is 5.75 Å². The fourth-order valence-corrected chi connectivity index (χ4v) is 3.25. The first-order chi connectivity index (χ1) is 8.54. The maximum Gasteiger partial charge on any atom is 0.118 e. The summed E-state index contributed by atoms with van der Waals surface area (Å²) >= 11 is 0. The molecular weight excluding hydrogens is 222 g/mol. The van der Waals surface area contributed by atoms with Crippen LogP contribution in [0.25, 0.3) is 0 Å². The van der Waals surface area contributed by atoms with Crippen LogP contribution in [-0.4, -0.2) is 7.11 Å². The van der Waals surface area contributed by atoms with Gasteiger partial charge in [-0.15, -0.1) is 0 Å². The molecule has 0 aliphatic heterocycles. The molecule has 1 aromatic carbocycles. The van der Waals surface area contributed by atoms with Gasteiger partial charge in [0.05, 0.1) is 7.11 Å². The zero-order valence-corrected chi connectivity index (χ0v) is 11.8. The van der Waals surface area contributed by atoms with Gasteiger partial charge in [-0.3, -0.25) is 0 Å². The van der Waals surface area contributed by atoms with Crippen LogP contribution in [0.5, 0.6) is 5.75 Å². The van der Waals surface area contributed by atoms with Crippen LogP contribution in [0.3, 0.4) is 0 Å². The van der Waals surface area contributed by atoms with E-state index in [4.69, 9.17) is 10.5 Å². The summed E-state index contributed by atoms with van der Waals surface area (Å²) in [6.07, 6.45) is 5.21. The van der Waals surface area contributed by atoms with Crippen molar-refractivity contribution in [1.82, 2.24) is 0 Å². The molecule has 1 aliphatic carbocycles. The van der Waals surface area contributed by atoms with E-state index in [1.54, 1.807) is 7.11 Å². The van der Waals surface area contributed by atoms with Gasteiger partial charge >= 0.3 is 0 Å². The molecule has 2 atom stereocenters. The van der Waals surface area contributed by atoms with Crippen molar-refractivity contribution in [3.05, 3.63) is 29.8 Å². The second kappa shape index (κ2) is 5.31. The van der Waals surface area contributed by atoms with Crippen LogP contribution in [0, 0.1) is 11.3 Å². The Kier molecular flexibility index (Phi) is 3.96. The molecule has 0 radical (unpaired) electrons. The van der Waals surface area contributed by atoms with Crippen LogP contribution >= 0.6 is 0 Å². The molecule has 2 nitrogen and oxygen atoms in total. The van der Waals surface area contributed by atoms with Gasteiger partial charge in [0.2, 0.25) is 0 Å². The van der Waals surface area contributed by atoms with Gasteiger partial charge in [-0.25, -0.2) is 0 Å². The molecule has 2 N–H and O–H groups in total. The zero-order valence-electron chi connectivity index (χ0n) is 11.8. The summed E-state index contributed by atoms with van der Waals surface area (Å²) in [4.78, 5) is 0. The number of benzene rings is 1. The molecule has 2 unspecified atom stereocenters. The summed E-state index contributed by atoms with van der Waals surface area (Å²) in [7, 11) is 1.69. The fourth-order valence-electron chi connectivity index (χ4n) is 3.25. The summed E-state index contributed by atoms with van der Waals surface area (Å²) in [5, 5.41) is 0. The van der Waals surface area contributed by atoms with Gasteiger partial charge in [0.1, 0.15) is 5.75 Å². The summed E-state index contributed by atoms with van der Waals surface area (Å²) in [5.74, 6) is 1.48. The smallest absolute Gasteiger partial charge is 0.118 e. The van der Waals surface area contributed by atoms with E-state index in [1.807, 2.05) is 12.1 Å². The second-order valence-electron chi connectivity index (χ2n) is 6.14. The summed E-state index contributed by atoms with van der Waals surface area (Å²) < 4.78 is 5.19. The zero-order chi connectivity index (χ0) is 13.2.